The largest absolute Gasteiger partial charge is 0.369 e. The minimum absolute atomic E-state index is 0.0110. The predicted molar refractivity (Wildman–Crippen MR) is 137 cm³/mol. The maximum absolute atomic E-state index is 13.9. The van der Waals surface area contributed by atoms with E-state index >= 15 is 0 Å². The Kier molecular flexibility index (Phi) is 7.35. The first-order valence-electron chi connectivity index (χ1n) is 12.1. The van der Waals surface area contributed by atoms with E-state index in [4.69, 9.17) is 0 Å². The third-order valence-corrected chi connectivity index (χ3v) is 7.90. The summed E-state index contributed by atoms with van der Waals surface area (Å²) >= 11 is 1.61. The van der Waals surface area contributed by atoms with Gasteiger partial charge in [0.2, 0.25) is 5.91 Å². The Morgan fingerprint density at radius 2 is 1.66 bits per heavy atom. The number of hydrogen-bond acceptors (Lipinski definition) is 4. The molecule has 1 saturated heterocycles. The average molecular weight is 494 g/mol. The fourth-order valence-electron chi connectivity index (χ4n) is 4.88. The number of benzene rings is 3. The van der Waals surface area contributed by atoms with Gasteiger partial charge >= 0.3 is 0 Å². The van der Waals surface area contributed by atoms with Crippen molar-refractivity contribution in [2.24, 2.45) is 0 Å². The van der Waals surface area contributed by atoms with Crippen LogP contribution in [-0.4, -0.2) is 43.5 Å². The zero-order chi connectivity index (χ0) is 24.2. The molecule has 0 aliphatic carbocycles. The predicted octanol–water partition coefficient (Wildman–Crippen LogP) is 5.38. The maximum atomic E-state index is 13.9. The van der Waals surface area contributed by atoms with E-state index in [-0.39, 0.29) is 23.6 Å². The number of carbonyl (C=O) groups excluding carboxylic acids is 1. The Morgan fingerprint density at radius 3 is 2.46 bits per heavy atom. The summed E-state index contributed by atoms with van der Waals surface area (Å²) in [5.74, 6) is 0.291. The second-order valence-electron chi connectivity index (χ2n) is 9.08. The fourth-order valence-corrected chi connectivity index (χ4v) is 6.00. The van der Waals surface area contributed by atoms with E-state index in [9.17, 15) is 13.6 Å². The summed E-state index contributed by atoms with van der Waals surface area (Å²) in [5.41, 5.74) is 4.24. The van der Waals surface area contributed by atoms with E-state index in [1.54, 1.807) is 23.9 Å². The van der Waals surface area contributed by atoms with Gasteiger partial charge in [-0.1, -0.05) is 30.3 Å². The van der Waals surface area contributed by atoms with Crippen molar-refractivity contribution in [2.45, 2.75) is 29.5 Å². The standard InChI is InChI=1S/C28H29F2N3OS/c29-21-7-10-23(11-8-21)33-16-14-32(15-17-33)13-3-6-27(34)31-28-24-5-2-1-4-20(24)19-35-26-18-22(30)9-12-25(26)28/h1-2,4-5,7-12,18,28H,3,6,13-17,19H2,(H,31,34). The molecule has 0 bridgehead atoms. The highest BCUT2D eigenvalue weighted by Crippen LogP contribution is 2.39. The minimum Gasteiger partial charge on any atom is -0.369 e. The van der Waals surface area contributed by atoms with E-state index in [1.165, 1.54) is 23.8 Å². The molecular formula is C28H29F2N3OS. The normalized spacial score (nSPS) is 17.9. The van der Waals surface area contributed by atoms with Gasteiger partial charge in [0, 0.05) is 48.9 Å². The second kappa shape index (κ2) is 10.8. The molecule has 2 aliphatic heterocycles. The molecule has 3 aromatic carbocycles. The summed E-state index contributed by atoms with van der Waals surface area (Å²) < 4.78 is 27.1. The summed E-state index contributed by atoms with van der Waals surface area (Å²) in [6.45, 7) is 4.49. The van der Waals surface area contributed by atoms with E-state index in [1.807, 2.05) is 24.3 Å². The molecule has 0 saturated carbocycles. The smallest absolute Gasteiger partial charge is 0.220 e. The van der Waals surface area contributed by atoms with Crippen LogP contribution < -0.4 is 10.2 Å². The lowest BCUT2D eigenvalue weighted by atomic mass is 9.94. The van der Waals surface area contributed by atoms with Crippen LogP contribution in [0.15, 0.2) is 71.6 Å². The Bertz CT molecular complexity index is 1180. The van der Waals surface area contributed by atoms with Crippen molar-refractivity contribution >= 4 is 23.4 Å². The van der Waals surface area contributed by atoms with Gasteiger partial charge in [-0.2, -0.15) is 0 Å². The monoisotopic (exact) mass is 493 g/mol. The van der Waals surface area contributed by atoms with Gasteiger partial charge in [-0.3, -0.25) is 9.69 Å². The molecule has 3 aromatic rings. The Morgan fingerprint density at radius 1 is 0.914 bits per heavy atom. The van der Waals surface area contributed by atoms with Crippen LogP contribution in [0.3, 0.4) is 0 Å². The Labute approximate surface area is 209 Å². The van der Waals surface area contributed by atoms with Crippen LogP contribution in [0.1, 0.15) is 35.6 Å². The SMILES string of the molecule is O=C(CCCN1CCN(c2ccc(F)cc2)CC1)NC1c2ccccc2CSc2cc(F)ccc21. The van der Waals surface area contributed by atoms with E-state index < -0.39 is 0 Å². The first-order chi connectivity index (χ1) is 17.1. The van der Waals surface area contributed by atoms with Crippen LogP contribution in [-0.2, 0) is 10.5 Å². The lowest BCUT2D eigenvalue weighted by Crippen LogP contribution is -2.46. The number of fused-ring (bicyclic) bond motifs is 2. The number of nitrogens with one attached hydrogen (secondary N) is 1. The summed E-state index contributed by atoms with van der Waals surface area (Å²) in [6.07, 6.45) is 1.22. The van der Waals surface area contributed by atoms with E-state index in [0.29, 0.717) is 6.42 Å². The summed E-state index contributed by atoms with van der Waals surface area (Å²) in [6, 6.07) is 19.3. The lowest BCUT2D eigenvalue weighted by molar-refractivity contribution is -0.121. The van der Waals surface area contributed by atoms with Gasteiger partial charge in [-0.05, 0) is 66.1 Å². The van der Waals surface area contributed by atoms with Crippen LogP contribution in [0.4, 0.5) is 14.5 Å². The lowest BCUT2D eigenvalue weighted by Gasteiger charge is -2.36. The molecule has 5 rings (SSSR count). The third-order valence-electron chi connectivity index (χ3n) is 6.78. The molecular weight excluding hydrogens is 464 g/mol. The molecule has 7 heteroatoms. The molecule has 1 unspecified atom stereocenters. The zero-order valence-electron chi connectivity index (χ0n) is 19.6. The van der Waals surface area contributed by atoms with Gasteiger partial charge in [-0.25, -0.2) is 8.78 Å². The molecule has 0 aromatic heterocycles. The van der Waals surface area contributed by atoms with Crippen LogP contribution in [0.25, 0.3) is 0 Å². The summed E-state index contributed by atoms with van der Waals surface area (Å²) in [5, 5.41) is 3.23. The van der Waals surface area contributed by atoms with E-state index in [0.717, 1.165) is 66.6 Å². The molecule has 4 nitrogen and oxygen atoms in total. The van der Waals surface area contributed by atoms with Crippen LogP contribution in [0, 0.1) is 11.6 Å². The quantitative estimate of drug-likeness (QED) is 0.500. The van der Waals surface area contributed by atoms with Gasteiger partial charge in [0.15, 0.2) is 0 Å². The second-order valence-corrected chi connectivity index (χ2v) is 10.1. The Balaban J connectivity index is 1.16. The van der Waals surface area contributed by atoms with Crippen molar-refractivity contribution in [3.63, 3.8) is 0 Å². The topological polar surface area (TPSA) is 35.6 Å². The molecule has 1 amide bonds. The van der Waals surface area contributed by atoms with Gasteiger partial charge in [0.25, 0.3) is 0 Å². The number of halogens is 2. The molecule has 0 radical (unpaired) electrons. The molecule has 1 N–H and O–H groups in total. The van der Waals surface area contributed by atoms with Crippen molar-refractivity contribution in [1.29, 1.82) is 0 Å². The fraction of sp³-hybridized carbons (Fsp3) is 0.321. The van der Waals surface area contributed by atoms with Gasteiger partial charge in [-0.15, -0.1) is 11.8 Å². The number of rotatable bonds is 6. The highest BCUT2D eigenvalue weighted by Gasteiger charge is 2.26. The van der Waals surface area contributed by atoms with Crippen molar-refractivity contribution in [2.75, 3.05) is 37.6 Å². The van der Waals surface area contributed by atoms with Gasteiger partial charge < -0.3 is 10.2 Å². The number of hydrogen-bond donors (Lipinski definition) is 1. The van der Waals surface area contributed by atoms with Crippen molar-refractivity contribution in [3.05, 3.63) is 95.1 Å². The first-order valence-corrected chi connectivity index (χ1v) is 13.1. The zero-order valence-corrected chi connectivity index (χ0v) is 20.4. The minimum atomic E-state index is -0.274. The number of anilines is 1. The van der Waals surface area contributed by atoms with Crippen LogP contribution in [0.2, 0.25) is 0 Å². The number of carbonyl (C=O) groups is 1. The van der Waals surface area contributed by atoms with Crippen LogP contribution >= 0.6 is 11.8 Å². The summed E-state index contributed by atoms with van der Waals surface area (Å²) in [4.78, 5) is 18.5. The number of thioether (sulfide) groups is 1. The highest BCUT2D eigenvalue weighted by molar-refractivity contribution is 7.98. The Hall–Kier alpha value is -2.90. The maximum Gasteiger partial charge on any atom is 0.220 e. The average Bonchev–Trinajstić information content (AvgIpc) is 3.02. The van der Waals surface area contributed by atoms with E-state index in [2.05, 4.69) is 27.2 Å². The molecule has 1 fully saturated rings. The highest BCUT2D eigenvalue weighted by atomic mass is 32.2. The molecule has 0 spiro atoms. The first kappa shape index (κ1) is 23.8. The van der Waals surface area contributed by atoms with Gasteiger partial charge in [0.1, 0.15) is 11.6 Å². The number of amides is 1. The number of nitrogens with zero attached hydrogens (tertiary/aromatic N) is 2. The molecule has 1 atom stereocenters. The van der Waals surface area contributed by atoms with Crippen LogP contribution in [0.5, 0.6) is 0 Å². The molecule has 35 heavy (non-hydrogen) atoms. The van der Waals surface area contributed by atoms with Crippen molar-refractivity contribution < 1.29 is 13.6 Å². The molecule has 2 aliphatic rings. The van der Waals surface area contributed by atoms with Crippen molar-refractivity contribution in [1.82, 2.24) is 10.2 Å². The third kappa shape index (κ3) is 5.68. The van der Waals surface area contributed by atoms with Gasteiger partial charge in [0.05, 0.1) is 6.04 Å². The molecule has 2 heterocycles. The summed E-state index contributed by atoms with van der Waals surface area (Å²) in [7, 11) is 0. The molecule has 182 valence electrons. The number of piperazine rings is 1. The van der Waals surface area contributed by atoms with Crippen molar-refractivity contribution in [3.8, 4) is 0 Å².